The van der Waals surface area contributed by atoms with Crippen molar-refractivity contribution in [3.8, 4) is 5.75 Å². The van der Waals surface area contributed by atoms with Crippen molar-refractivity contribution in [2.75, 3.05) is 26.8 Å². The van der Waals surface area contributed by atoms with Gasteiger partial charge in [0.25, 0.3) is 5.91 Å². The van der Waals surface area contributed by atoms with E-state index in [2.05, 4.69) is 0 Å². The minimum atomic E-state index is -0.203. The van der Waals surface area contributed by atoms with Crippen molar-refractivity contribution in [2.45, 2.75) is 39.0 Å². The molecule has 23 heavy (non-hydrogen) atoms. The molecule has 0 radical (unpaired) electrons. The zero-order valence-corrected chi connectivity index (χ0v) is 14.5. The van der Waals surface area contributed by atoms with Gasteiger partial charge in [0.15, 0.2) is 0 Å². The molecule has 126 valence electrons. The SMILES string of the molecule is CCOC(=O)C1CCCN(C(=O)c2sc3c(c2OC)CCC3)C1. The van der Waals surface area contributed by atoms with Crippen molar-refractivity contribution in [1.29, 1.82) is 0 Å². The second kappa shape index (κ2) is 6.91. The average Bonchev–Trinajstić information content (AvgIpc) is 3.15. The molecule has 1 aromatic heterocycles. The van der Waals surface area contributed by atoms with Gasteiger partial charge in [-0.25, -0.2) is 0 Å². The number of ether oxygens (including phenoxy) is 2. The molecule has 0 bridgehead atoms. The number of hydrogen-bond donors (Lipinski definition) is 0. The van der Waals surface area contributed by atoms with Crippen LogP contribution in [-0.2, 0) is 22.4 Å². The maximum atomic E-state index is 12.9. The molecule has 1 fully saturated rings. The van der Waals surface area contributed by atoms with Gasteiger partial charge >= 0.3 is 5.97 Å². The van der Waals surface area contributed by atoms with E-state index in [1.54, 1.807) is 23.3 Å². The molecule has 1 aliphatic carbocycles. The summed E-state index contributed by atoms with van der Waals surface area (Å²) in [7, 11) is 1.63. The van der Waals surface area contributed by atoms with Crippen molar-refractivity contribution >= 4 is 23.2 Å². The van der Waals surface area contributed by atoms with E-state index in [1.165, 1.54) is 10.4 Å². The third kappa shape index (κ3) is 3.09. The first-order valence-corrected chi connectivity index (χ1v) is 9.11. The number of amides is 1. The van der Waals surface area contributed by atoms with Gasteiger partial charge in [-0.3, -0.25) is 9.59 Å². The number of rotatable bonds is 4. The normalized spacial score (nSPS) is 20.3. The third-order valence-electron chi connectivity index (χ3n) is 4.60. The maximum Gasteiger partial charge on any atom is 0.310 e. The Morgan fingerprint density at radius 2 is 2.13 bits per heavy atom. The number of thiophene rings is 1. The van der Waals surface area contributed by atoms with Crippen LogP contribution in [0.15, 0.2) is 0 Å². The zero-order valence-electron chi connectivity index (χ0n) is 13.7. The Morgan fingerprint density at radius 1 is 1.30 bits per heavy atom. The monoisotopic (exact) mass is 337 g/mol. The molecular formula is C17H23NO4S. The number of aryl methyl sites for hydroxylation is 1. The van der Waals surface area contributed by atoms with Crippen LogP contribution in [0.5, 0.6) is 5.75 Å². The average molecular weight is 337 g/mol. The van der Waals surface area contributed by atoms with Gasteiger partial charge in [0.05, 0.1) is 19.6 Å². The predicted molar refractivity (Wildman–Crippen MR) is 88.2 cm³/mol. The zero-order chi connectivity index (χ0) is 16.4. The topological polar surface area (TPSA) is 55.8 Å². The number of carbonyl (C=O) groups excluding carboxylic acids is 2. The lowest BCUT2D eigenvalue weighted by Crippen LogP contribution is -2.42. The first kappa shape index (κ1) is 16.3. The highest BCUT2D eigenvalue weighted by Gasteiger charge is 2.33. The molecule has 1 aliphatic heterocycles. The molecule has 1 aromatic rings. The highest BCUT2D eigenvalue weighted by molar-refractivity contribution is 7.14. The summed E-state index contributed by atoms with van der Waals surface area (Å²) in [5.74, 6) is 0.358. The molecule has 0 saturated carbocycles. The van der Waals surface area contributed by atoms with Gasteiger partial charge in [-0.2, -0.15) is 0 Å². The minimum absolute atomic E-state index is 0.00440. The van der Waals surface area contributed by atoms with Crippen LogP contribution in [0.2, 0.25) is 0 Å². The number of esters is 1. The lowest BCUT2D eigenvalue weighted by atomic mass is 9.98. The number of fused-ring (bicyclic) bond motifs is 1. The van der Waals surface area contributed by atoms with Crippen LogP contribution in [0.4, 0.5) is 0 Å². The molecule has 1 saturated heterocycles. The number of likely N-dealkylation sites (tertiary alicyclic amines) is 1. The number of methoxy groups -OCH3 is 1. The number of piperidine rings is 1. The van der Waals surface area contributed by atoms with E-state index >= 15 is 0 Å². The van der Waals surface area contributed by atoms with Crippen LogP contribution >= 0.6 is 11.3 Å². The van der Waals surface area contributed by atoms with Gasteiger partial charge in [0, 0.05) is 23.5 Å². The Balaban J connectivity index is 1.77. The fourth-order valence-electron chi connectivity index (χ4n) is 3.49. The Labute approximate surface area is 140 Å². The maximum absolute atomic E-state index is 12.9. The fraction of sp³-hybridized carbons (Fsp3) is 0.647. The highest BCUT2D eigenvalue weighted by atomic mass is 32.1. The van der Waals surface area contributed by atoms with Crippen molar-refractivity contribution in [3.05, 3.63) is 15.3 Å². The molecule has 0 N–H and O–H groups in total. The van der Waals surface area contributed by atoms with Crippen molar-refractivity contribution in [1.82, 2.24) is 4.90 Å². The van der Waals surface area contributed by atoms with Gasteiger partial charge < -0.3 is 14.4 Å². The highest BCUT2D eigenvalue weighted by Crippen LogP contribution is 2.41. The van der Waals surface area contributed by atoms with Crippen molar-refractivity contribution in [2.24, 2.45) is 5.92 Å². The van der Waals surface area contributed by atoms with E-state index in [4.69, 9.17) is 9.47 Å². The summed E-state index contributed by atoms with van der Waals surface area (Å²) in [6.45, 7) is 3.33. The molecule has 2 aliphatic rings. The summed E-state index contributed by atoms with van der Waals surface area (Å²) in [5.41, 5.74) is 1.21. The standard InChI is InChI=1S/C17H23NO4S/c1-3-22-17(20)11-6-5-9-18(10-11)16(19)15-14(21-2)12-7-4-8-13(12)23-15/h11H,3-10H2,1-2H3. The lowest BCUT2D eigenvalue weighted by molar-refractivity contribution is -0.149. The summed E-state index contributed by atoms with van der Waals surface area (Å²) in [6, 6.07) is 0. The molecule has 0 spiro atoms. The van der Waals surface area contributed by atoms with E-state index in [9.17, 15) is 9.59 Å². The van der Waals surface area contributed by atoms with Gasteiger partial charge in [-0.15, -0.1) is 11.3 Å². The van der Waals surface area contributed by atoms with Crippen LogP contribution in [0, 0.1) is 5.92 Å². The van der Waals surface area contributed by atoms with Crippen LogP contribution in [0.1, 0.15) is 46.3 Å². The molecule has 1 unspecified atom stereocenters. The van der Waals surface area contributed by atoms with Gasteiger partial charge in [-0.1, -0.05) is 0 Å². The Morgan fingerprint density at radius 3 is 2.87 bits per heavy atom. The molecule has 2 heterocycles. The minimum Gasteiger partial charge on any atom is -0.495 e. The summed E-state index contributed by atoms with van der Waals surface area (Å²) >= 11 is 1.56. The lowest BCUT2D eigenvalue weighted by Gasteiger charge is -2.31. The molecule has 0 aromatic carbocycles. The van der Waals surface area contributed by atoms with E-state index in [1.807, 2.05) is 6.92 Å². The van der Waals surface area contributed by atoms with E-state index in [0.29, 0.717) is 24.6 Å². The van der Waals surface area contributed by atoms with Crippen molar-refractivity contribution < 1.29 is 19.1 Å². The van der Waals surface area contributed by atoms with Crippen LogP contribution in [0.3, 0.4) is 0 Å². The fourth-order valence-corrected chi connectivity index (χ4v) is 4.82. The van der Waals surface area contributed by atoms with Gasteiger partial charge in [-0.05, 0) is 39.0 Å². The number of hydrogen-bond acceptors (Lipinski definition) is 5. The van der Waals surface area contributed by atoms with Crippen LogP contribution in [-0.4, -0.2) is 43.6 Å². The first-order valence-electron chi connectivity index (χ1n) is 8.30. The molecule has 1 atom stereocenters. The number of carbonyl (C=O) groups is 2. The molecule has 1 amide bonds. The smallest absolute Gasteiger partial charge is 0.310 e. The molecule has 6 heteroatoms. The van der Waals surface area contributed by atoms with Crippen molar-refractivity contribution in [3.63, 3.8) is 0 Å². The largest absolute Gasteiger partial charge is 0.495 e. The molecule has 3 rings (SSSR count). The summed E-state index contributed by atoms with van der Waals surface area (Å²) in [5, 5.41) is 0. The predicted octanol–water partition coefficient (Wildman–Crippen LogP) is 2.66. The second-order valence-corrected chi connectivity index (χ2v) is 7.17. The summed E-state index contributed by atoms with van der Waals surface area (Å²) in [4.78, 5) is 28.6. The Hall–Kier alpha value is -1.56. The van der Waals surface area contributed by atoms with Crippen LogP contribution < -0.4 is 4.74 Å². The van der Waals surface area contributed by atoms with Gasteiger partial charge in [0.1, 0.15) is 10.6 Å². The van der Waals surface area contributed by atoms with Gasteiger partial charge in [0.2, 0.25) is 0 Å². The summed E-state index contributed by atoms with van der Waals surface area (Å²) in [6.07, 6.45) is 4.80. The quantitative estimate of drug-likeness (QED) is 0.793. The van der Waals surface area contributed by atoms with E-state index in [-0.39, 0.29) is 17.8 Å². The number of nitrogens with zero attached hydrogens (tertiary/aromatic N) is 1. The Bertz CT molecular complexity index is 610. The molecular weight excluding hydrogens is 314 g/mol. The first-order chi connectivity index (χ1) is 11.2. The third-order valence-corrected chi connectivity index (χ3v) is 5.86. The van der Waals surface area contributed by atoms with E-state index < -0.39 is 0 Å². The summed E-state index contributed by atoms with van der Waals surface area (Å²) < 4.78 is 10.6. The molecule has 5 nitrogen and oxygen atoms in total. The second-order valence-electron chi connectivity index (χ2n) is 6.06. The van der Waals surface area contributed by atoms with Crippen LogP contribution in [0.25, 0.3) is 0 Å². The van der Waals surface area contributed by atoms with E-state index in [0.717, 1.165) is 37.9 Å². The Kier molecular flexibility index (Phi) is 4.90.